The van der Waals surface area contributed by atoms with Crippen LogP contribution in [0.1, 0.15) is 39.0 Å². The van der Waals surface area contributed by atoms with E-state index in [9.17, 15) is 9.59 Å². The first-order valence-electron chi connectivity index (χ1n) is 9.40. The molecular formula is C20H28N2O3. The number of amides is 2. The Hall–Kier alpha value is -2.04. The topological polar surface area (TPSA) is 49.9 Å². The number of carbonyl (C=O) groups is 2. The second-order valence-corrected chi connectivity index (χ2v) is 7.15. The van der Waals surface area contributed by atoms with Crippen LogP contribution in [0.25, 0.3) is 0 Å². The molecule has 2 aliphatic heterocycles. The molecule has 0 saturated carbocycles. The summed E-state index contributed by atoms with van der Waals surface area (Å²) in [4.78, 5) is 29.2. The van der Waals surface area contributed by atoms with Crippen molar-refractivity contribution in [3.63, 3.8) is 0 Å². The molecule has 2 aliphatic rings. The summed E-state index contributed by atoms with van der Waals surface area (Å²) in [5, 5.41) is 0. The van der Waals surface area contributed by atoms with E-state index in [0.717, 1.165) is 44.5 Å². The van der Waals surface area contributed by atoms with Gasteiger partial charge < -0.3 is 14.5 Å². The second kappa shape index (κ2) is 7.89. The summed E-state index contributed by atoms with van der Waals surface area (Å²) in [6, 6.07) is 9.54. The van der Waals surface area contributed by atoms with Gasteiger partial charge in [-0.25, -0.2) is 0 Å². The molecule has 25 heavy (non-hydrogen) atoms. The van der Waals surface area contributed by atoms with Crippen molar-refractivity contribution in [3.05, 3.63) is 30.3 Å². The van der Waals surface area contributed by atoms with Gasteiger partial charge in [0.15, 0.2) is 0 Å². The van der Waals surface area contributed by atoms with Gasteiger partial charge in [-0.2, -0.15) is 0 Å². The number of likely N-dealkylation sites (tertiary alicyclic amines) is 2. The number of piperidine rings is 1. The lowest BCUT2D eigenvalue weighted by atomic mass is 9.78. The Morgan fingerprint density at radius 2 is 2.00 bits per heavy atom. The highest BCUT2D eigenvalue weighted by Crippen LogP contribution is 2.40. The average Bonchev–Trinajstić information content (AvgIpc) is 3.05. The van der Waals surface area contributed by atoms with E-state index in [-0.39, 0.29) is 17.2 Å². The van der Waals surface area contributed by atoms with E-state index in [1.807, 2.05) is 40.1 Å². The van der Waals surface area contributed by atoms with Crippen molar-refractivity contribution in [1.29, 1.82) is 0 Å². The lowest BCUT2D eigenvalue weighted by Gasteiger charge is -2.39. The molecule has 2 fully saturated rings. The Morgan fingerprint density at radius 3 is 2.76 bits per heavy atom. The van der Waals surface area contributed by atoms with Crippen LogP contribution >= 0.6 is 0 Å². The minimum absolute atomic E-state index is 0.0909. The van der Waals surface area contributed by atoms with Crippen LogP contribution in [0, 0.1) is 5.41 Å². The maximum atomic E-state index is 12.9. The zero-order valence-corrected chi connectivity index (χ0v) is 15.1. The predicted octanol–water partition coefficient (Wildman–Crippen LogP) is 2.71. The fourth-order valence-electron chi connectivity index (χ4n) is 4.03. The van der Waals surface area contributed by atoms with Crippen LogP contribution in [0.15, 0.2) is 30.3 Å². The molecule has 2 amide bonds. The molecule has 0 aliphatic carbocycles. The molecule has 1 aromatic rings. The van der Waals surface area contributed by atoms with Gasteiger partial charge in [0, 0.05) is 26.2 Å². The van der Waals surface area contributed by atoms with Crippen LogP contribution in [0.4, 0.5) is 0 Å². The van der Waals surface area contributed by atoms with Crippen molar-refractivity contribution >= 4 is 11.8 Å². The largest absolute Gasteiger partial charge is 0.493 e. The molecule has 0 unspecified atom stereocenters. The molecule has 2 heterocycles. The number of ether oxygens (including phenoxy) is 1. The number of para-hydroxylation sites is 1. The van der Waals surface area contributed by atoms with Gasteiger partial charge in [0.25, 0.3) is 0 Å². The Morgan fingerprint density at radius 1 is 1.20 bits per heavy atom. The van der Waals surface area contributed by atoms with E-state index >= 15 is 0 Å². The summed E-state index contributed by atoms with van der Waals surface area (Å²) >= 11 is 0. The van der Waals surface area contributed by atoms with Gasteiger partial charge in [0.1, 0.15) is 5.75 Å². The van der Waals surface area contributed by atoms with Gasteiger partial charge in [-0.3, -0.25) is 9.59 Å². The summed E-state index contributed by atoms with van der Waals surface area (Å²) in [7, 11) is 0. The Kier molecular flexibility index (Phi) is 5.61. The van der Waals surface area contributed by atoms with Crippen molar-refractivity contribution in [2.45, 2.75) is 39.0 Å². The molecule has 136 valence electrons. The quantitative estimate of drug-likeness (QED) is 0.797. The monoisotopic (exact) mass is 344 g/mol. The number of benzene rings is 1. The maximum Gasteiger partial charge on any atom is 0.230 e. The molecule has 1 atom stereocenters. The molecular weight excluding hydrogens is 316 g/mol. The SMILES string of the molecule is CCCN1CCC[C@]2(CCN(C(=O)CCOc3ccccc3)C2)C1=O. The highest BCUT2D eigenvalue weighted by molar-refractivity contribution is 5.86. The number of carbonyl (C=O) groups excluding carboxylic acids is 2. The summed E-state index contributed by atoms with van der Waals surface area (Å²) in [6.07, 6.45) is 4.11. The third-order valence-electron chi connectivity index (χ3n) is 5.35. The lowest BCUT2D eigenvalue weighted by Crippen LogP contribution is -2.50. The van der Waals surface area contributed by atoms with Crippen LogP contribution in [0.2, 0.25) is 0 Å². The van der Waals surface area contributed by atoms with Crippen LogP contribution in [-0.4, -0.2) is 54.4 Å². The Bertz CT molecular complexity index is 602. The highest BCUT2D eigenvalue weighted by atomic mass is 16.5. The lowest BCUT2D eigenvalue weighted by molar-refractivity contribution is -0.146. The average molecular weight is 344 g/mol. The third-order valence-corrected chi connectivity index (χ3v) is 5.35. The predicted molar refractivity (Wildman–Crippen MR) is 96.3 cm³/mol. The van der Waals surface area contributed by atoms with Crippen molar-refractivity contribution < 1.29 is 14.3 Å². The van der Waals surface area contributed by atoms with Gasteiger partial charge in [0.2, 0.25) is 11.8 Å². The molecule has 1 spiro atoms. The number of hydrogen-bond donors (Lipinski definition) is 0. The fraction of sp³-hybridized carbons (Fsp3) is 0.600. The summed E-state index contributed by atoms with van der Waals surface area (Å²) in [5.41, 5.74) is -0.330. The van der Waals surface area contributed by atoms with Gasteiger partial charge >= 0.3 is 0 Å². The van der Waals surface area contributed by atoms with Crippen molar-refractivity contribution in [2.75, 3.05) is 32.8 Å². The Balaban J connectivity index is 1.51. The zero-order chi connectivity index (χ0) is 17.7. The molecule has 0 bridgehead atoms. The van der Waals surface area contributed by atoms with Gasteiger partial charge in [0.05, 0.1) is 18.4 Å². The first-order valence-corrected chi connectivity index (χ1v) is 9.40. The first-order chi connectivity index (χ1) is 12.1. The van der Waals surface area contributed by atoms with Crippen LogP contribution in [0.3, 0.4) is 0 Å². The standard InChI is InChI=1S/C20H28N2O3/c1-2-12-21-13-6-10-20(19(21)24)11-14-22(16-20)18(23)9-15-25-17-7-4-3-5-8-17/h3-5,7-8H,2,6,9-16H2,1H3/t20-/m1/s1. The molecule has 0 radical (unpaired) electrons. The van der Waals surface area contributed by atoms with Gasteiger partial charge in [-0.05, 0) is 37.8 Å². The molecule has 2 saturated heterocycles. The van der Waals surface area contributed by atoms with Gasteiger partial charge in [-0.15, -0.1) is 0 Å². The number of nitrogens with zero attached hydrogens (tertiary/aromatic N) is 2. The normalized spacial score (nSPS) is 23.3. The minimum Gasteiger partial charge on any atom is -0.493 e. The van der Waals surface area contributed by atoms with E-state index in [4.69, 9.17) is 4.74 Å². The summed E-state index contributed by atoms with van der Waals surface area (Å²) in [6.45, 7) is 5.45. The van der Waals surface area contributed by atoms with E-state index in [2.05, 4.69) is 6.92 Å². The Labute approximate surface area is 149 Å². The molecule has 5 nitrogen and oxygen atoms in total. The maximum absolute atomic E-state index is 12.9. The summed E-state index contributed by atoms with van der Waals surface area (Å²) < 4.78 is 5.62. The second-order valence-electron chi connectivity index (χ2n) is 7.15. The first kappa shape index (κ1) is 17.8. The molecule has 5 heteroatoms. The van der Waals surface area contributed by atoms with E-state index in [1.54, 1.807) is 0 Å². The van der Waals surface area contributed by atoms with E-state index < -0.39 is 0 Å². The fourth-order valence-corrected chi connectivity index (χ4v) is 4.03. The minimum atomic E-state index is -0.330. The zero-order valence-electron chi connectivity index (χ0n) is 15.1. The molecule has 1 aromatic carbocycles. The van der Waals surface area contributed by atoms with Crippen LogP contribution < -0.4 is 4.74 Å². The van der Waals surface area contributed by atoms with Crippen LogP contribution in [-0.2, 0) is 9.59 Å². The van der Waals surface area contributed by atoms with E-state index in [0.29, 0.717) is 26.1 Å². The van der Waals surface area contributed by atoms with Crippen molar-refractivity contribution in [1.82, 2.24) is 9.80 Å². The molecule has 0 N–H and O–H groups in total. The van der Waals surface area contributed by atoms with E-state index in [1.165, 1.54) is 0 Å². The summed E-state index contributed by atoms with van der Waals surface area (Å²) in [5.74, 6) is 1.13. The number of rotatable bonds is 6. The molecule has 3 rings (SSSR count). The smallest absolute Gasteiger partial charge is 0.230 e. The molecule has 0 aromatic heterocycles. The number of hydrogen-bond acceptors (Lipinski definition) is 3. The van der Waals surface area contributed by atoms with Gasteiger partial charge in [-0.1, -0.05) is 25.1 Å². The van der Waals surface area contributed by atoms with Crippen LogP contribution in [0.5, 0.6) is 5.75 Å². The van der Waals surface area contributed by atoms with Crippen molar-refractivity contribution in [3.8, 4) is 5.75 Å². The van der Waals surface area contributed by atoms with Crippen molar-refractivity contribution in [2.24, 2.45) is 5.41 Å². The third kappa shape index (κ3) is 3.97. The highest BCUT2D eigenvalue weighted by Gasteiger charge is 2.48.